The number of fused-ring (bicyclic) bond motifs is 1. The molecule has 5 rings (SSSR count). The Kier molecular flexibility index (Phi) is 3.37. The molecule has 0 radical (unpaired) electrons. The monoisotopic (exact) mass is 356 g/mol. The third kappa shape index (κ3) is 2.21. The van der Waals surface area contributed by atoms with Crippen LogP contribution in [-0.4, -0.2) is 16.7 Å². The van der Waals surface area contributed by atoms with Crippen molar-refractivity contribution in [3.8, 4) is 0 Å². The molecular formula is C22H16N2O3. The van der Waals surface area contributed by atoms with Gasteiger partial charge in [-0.1, -0.05) is 65.8 Å². The largest absolute Gasteiger partial charge is 0.390 e. The van der Waals surface area contributed by atoms with Crippen molar-refractivity contribution in [2.45, 2.75) is 11.5 Å². The lowest BCUT2D eigenvalue weighted by molar-refractivity contribution is -0.384. The van der Waals surface area contributed by atoms with Crippen LogP contribution in [-0.2, 0) is 10.3 Å². The normalized spacial score (nSPS) is 21.7. The summed E-state index contributed by atoms with van der Waals surface area (Å²) >= 11 is 0. The van der Waals surface area contributed by atoms with Crippen LogP contribution in [0.3, 0.4) is 0 Å². The van der Waals surface area contributed by atoms with Crippen LogP contribution in [0.25, 0.3) is 0 Å². The lowest BCUT2D eigenvalue weighted by atomic mass is 9.83. The molecule has 1 saturated carbocycles. The number of nitrogens with zero attached hydrogens (tertiary/aromatic N) is 2. The van der Waals surface area contributed by atoms with E-state index in [4.69, 9.17) is 4.84 Å². The predicted molar refractivity (Wildman–Crippen MR) is 102 cm³/mol. The molecule has 0 aromatic heterocycles. The van der Waals surface area contributed by atoms with Crippen molar-refractivity contribution < 1.29 is 9.76 Å². The Bertz CT molecular complexity index is 991. The minimum absolute atomic E-state index is 0.0625. The van der Waals surface area contributed by atoms with Crippen LogP contribution in [0, 0.1) is 16.0 Å². The van der Waals surface area contributed by atoms with E-state index in [2.05, 4.69) is 29.4 Å². The summed E-state index contributed by atoms with van der Waals surface area (Å²) in [5.74, 6) is 0.0868. The maximum atomic E-state index is 10.9. The van der Waals surface area contributed by atoms with Crippen molar-refractivity contribution in [2.24, 2.45) is 11.1 Å². The highest BCUT2D eigenvalue weighted by Crippen LogP contribution is 2.64. The van der Waals surface area contributed by atoms with Gasteiger partial charge in [-0.3, -0.25) is 10.1 Å². The van der Waals surface area contributed by atoms with E-state index in [0.717, 1.165) is 11.3 Å². The van der Waals surface area contributed by atoms with Gasteiger partial charge in [-0.25, -0.2) is 0 Å². The SMILES string of the molecule is O=[N+]([O-])c1ccc(C2=NO[C@H]3[C@@H]2C3(c2ccccc2)c2ccccc2)cc1. The van der Waals surface area contributed by atoms with Gasteiger partial charge in [0.1, 0.15) is 0 Å². The molecule has 1 heterocycles. The third-order valence-electron chi connectivity index (χ3n) is 5.57. The van der Waals surface area contributed by atoms with Crippen molar-refractivity contribution in [1.29, 1.82) is 0 Å². The maximum Gasteiger partial charge on any atom is 0.269 e. The first-order chi connectivity index (χ1) is 13.2. The Labute approximate surface area is 156 Å². The number of hydrogen-bond acceptors (Lipinski definition) is 4. The lowest BCUT2D eigenvalue weighted by Gasteiger charge is -2.21. The van der Waals surface area contributed by atoms with Crippen molar-refractivity contribution >= 4 is 11.4 Å². The molecule has 2 atom stereocenters. The van der Waals surface area contributed by atoms with E-state index in [9.17, 15) is 10.1 Å². The van der Waals surface area contributed by atoms with E-state index in [1.165, 1.54) is 23.3 Å². The molecule has 0 bridgehead atoms. The third-order valence-corrected chi connectivity index (χ3v) is 5.57. The summed E-state index contributed by atoms with van der Waals surface area (Å²) in [6, 6.07) is 27.2. The fourth-order valence-electron chi connectivity index (χ4n) is 4.30. The molecular weight excluding hydrogens is 340 g/mol. The molecule has 1 aliphatic heterocycles. The van der Waals surface area contributed by atoms with Gasteiger partial charge >= 0.3 is 0 Å². The van der Waals surface area contributed by atoms with Crippen LogP contribution in [0.15, 0.2) is 90.1 Å². The number of hydrogen-bond donors (Lipinski definition) is 0. The topological polar surface area (TPSA) is 64.7 Å². The molecule has 5 nitrogen and oxygen atoms in total. The summed E-state index contributed by atoms with van der Waals surface area (Å²) in [4.78, 5) is 16.4. The zero-order chi connectivity index (χ0) is 18.4. The van der Waals surface area contributed by atoms with E-state index in [1.54, 1.807) is 12.1 Å². The molecule has 3 aromatic rings. The van der Waals surface area contributed by atoms with Crippen molar-refractivity contribution in [1.82, 2.24) is 0 Å². The Morgan fingerprint density at radius 3 is 1.93 bits per heavy atom. The molecule has 0 saturated heterocycles. The molecule has 5 heteroatoms. The second kappa shape index (κ2) is 5.77. The first kappa shape index (κ1) is 15.8. The van der Waals surface area contributed by atoms with Crippen LogP contribution >= 0.6 is 0 Å². The Hall–Kier alpha value is -3.47. The predicted octanol–water partition coefficient (Wildman–Crippen LogP) is 4.31. The number of rotatable bonds is 4. The summed E-state index contributed by atoms with van der Waals surface area (Å²) in [6.45, 7) is 0. The second-order valence-electron chi connectivity index (χ2n) is 6.89. The number of non-ortho nitro benzene ring substituents is 1. The fraction of sp³-hybridized carbons (Fsp3) is 0.136. The summed E-state index contributed by atoms with van der Waals surface area (Å²) < 4.78 is 0. The summed E-state index contributed by atoms with van der Waals surface area (Å²) in [5, 5.41) is 15.2. The molecule has 0 amide bonds. The van der Waals surface area contributed by atoms with Gasteiger partial charge in [-0.15, -0.1) is 0 Å². The Balaban J connectivity index is 1.59. The lowest BCUT2D eigenvalue weighted by Crippen LogP contribution is -2.21. The summed E-state index contributed by atoms with van der Waals surface area (Å²) in [7, 11) is 0. The number of nitro benzene ring substituents is 1. The van der Waals surface area contributed by atoms with E-state index in [1.807, 2.05) is 36.4 Å². The molecule has 1 aliphatic carbocycles. The number of nitro groups is 1. The molecule has 0 spiro atoms. The molecule has 1 fully saturated rings. The van der Waals surface area contributed by atoms with Gasteiger partial charge in [-0.05, 0) is 23.3 Å². The van der Waals surface area contributed by atoms with Crippen LogP contribution in [0.4, 0.5) is 5.69 Å². The van der Waals surface area contributed by atoms with Crippen LogP contribution < -0.4 is 0 Å². The van der Waals surface area contributed by atoms with Gasteiger partial charge in [-0.2, -0.15) is 0 Å². The average Bonchev–Trinajstić information content (AvgIpc) is 3.18. The van der Waals surface area contributed by atoms with E-state index in [-0.39, 0.29) is 23.1 Å². The van der Waals surface area contributed by atoms with Gasteiger partial charge in [0, 0.05) is 17.7 Å². The minimum Gasteiger partial charge on any atom is -0.390 e. The highest BCUT2D eigenvalue weighted by atomic mass is 16.7. The zero-order valence-corrected chi connectivity index (χ0v) is 14.4. The Morgan fingerprint density at radius 2 is 1.41 bits per heavy atom. The Morgan fingerprint density at radius 1 is 0.852 bits per heavy atom. The van der Waals surface area contributed by atoms with Crippen LogP contribution in [0.1, 0.15) is 16.7 Å². The molecule has 0 unspecified atom stereocenters. The average molecular weight is 356 g/mol. The first-order valence-electron chi connectivity index (χ1n) is 8.82. The van der Waals surface area contributed by atoms with Gasteiger partial charge in [0.05, 0.1) is 22.0 Å². The number of benzene rings is 3. The quantitative estimate of drug-likeness (QED) is 0.517. The van der Waals surface area contributed by atoms with E-state index >= 15 is 0 Å². The van der Waals surface area contributed by atoms with Crippen molar-refractivity contribution in [3.63, 3.8) is 0 Å². The summed E-state index contributed by atoms with van der Waals surface area (Å²) in [6.07, 6.45) is -0.0625. The van der Waals surface area contributed by atoms with Gasteiger partial charge in [0.2, 0.25) is 0 Å². The van der Waals surface area contributed by atoms with Gasteiger partial charge in [0.25, 0.3) is 5.69 Å². The highest BCUT2D eigenvalue weighted by molar-refractivity contribution is 6.07. The van der Waals surface area contributed by atoms with Crippen LogP contribution in [0.2, 0.25) is 0 Å². The highest BCUT2D eigenvalue weighted by Gasteiger charge is 2.73. The fourth-order valence-corrected chi connectivity index (χ4v) is 4.30. The molecule has 3 aromatic carbocycles. The van der Waals surface area contributed by atoms with Crippen molar-refractivity contribution in [3.05, 3.63) is 112 Å². The van der Waals surface area contributed by atoms with Crippen molar-refractivity contribution in [2.75, 3.05) is 0 Å². The zero-order valence-electron chi connectivity index (χ0n) is 14.4. The van der Waals surface area contributed by atoms with Gasteiger partial charge < -0.3 is 4.84 Å². The molecule has 2 aliphatic rings. The summed E-state index contributed by atoms with van der Waals surface area (Å²) in [5.41, 5.74) is 3.90. The molecule has 0 N–H and O–H groups in total. The smallest absolute Gasteiger partial charge is 0.269 e. The van der Waals surface area contributed by atoms with Gasteiger partial charge in [0.15, 0.2) is 6.10 Å². The van der Waals surface area contributed by atoms with E-state index < -0.39 is 4.92 Å². The standard InChI is InChI=1S/C22H16N2O3/c25-24(26)18-13-11-15(12-14-18)20-19-21(27-23-20)22(19,16-7-3-1-4-8-16)17-9-5-2-6-10-17/h1-14,19,21H/t19-,21+/m1/s1. The molecule has 27 heavy (non-hydrogen) atoms. The number of oxime groups is 1. The molecule has 132 valence electrons. The first-order valence-corrected chi connectivity index (χ1v) is 8.82. The van der Waals surface area contributed by atoms with E-state index in [0.29, 0.717) is 0 Å². The second-order valence-corrected chi connectivity index (χ2v) is 6.89. The minimum atomic E-state index is -0.394. The maximum absolute atomic E-state index is 10.9. The van der Waals surface area contributed by atoms with Crippen LogP contribution in [0.5, 0.6) is 0 Å².